The fraction of sp³-hybridized carbons (Fsp3) is 0.333. The number of ether oxygens (including phenoxy) is 1. The molecule has 8 nitrogen and oxygen atoms in total. The first-order valence-electron chi connectivity index (χ1n) is 5.81. The van der Waals surface area contributed by atoms with Gasteiger partial charge in [-0.05, 0) is 12.1 Å². The monoisotopic (exact) mass is 316 g/mol. The zero-order valence-corrected chi connectivity index (χ0v) is 11.9. The molecule has 0 spiro atoms. The second-order valence-electron chi connectivity index (χ2n) is 4.01. The molecule has 1 aromatic carbocycles. The molecule has 1 amide bonds. The van der Waals surface area contributed by atoms with Crippen molar-refractivity contribution in [3.8, 4) is 0 Å². The van der Waals surface area contributed by atoms with Gasteiger partial charge in [-0.25, -0.2) is 0 Å². The Bertz CT molecular complexity index is 563. The fourth-order valence-electron chi connectivity index (χ4n) is 1.66. The van der Waals surface area contributed by atoms with Crippen LogP contribution >= 0.6 is 11.6 Å². The number of para-hydroxylation sites is 1. The lowest BCUT2D eigenvalue weighted by molar-refractivity contribution is -0.385. The topological polar surface area (TPSA) is 110 Å². The van der Waals surface area contributed by atoms with Gasteiger partial charge in [-0.1, -0.05) is 17.7 Å². The molecule has 0 saturated heterocycles. The number of nitro benzene ring substituents is 1. The predicted molar refractivity (Wildman–Crippen MR) is 73.5 cm³/mol. The summed E-state index contributed by atoms with van der Waals surface area (Å²) in [6.45, 7) is -0.495. The molecule has 0 saturated carbocycles. The molecule has 0 heterocycles. The number of halogens is 1. The molecule has 0 bridgehead atoms. The van der Waals surface area contributed by atoms with Gasteiger partial charge >= 0.3 is 11.7 Å². The third-order valence-corrected chi connectivity index (χ3v) is 2.88. The van der Waals surface area contributed by atoms with Crippen LogP contribution in [0.1, 0.15) is 10.4 Å². The Morgan fingerprint density at radius 3 is 2.67 bits per heavy atom. The van der Waals surface area contributed by atoms with E-state index in [0.29, 0.717) is 0 Å². The maximum absolute atomic E-state index is 12.3. The van der Waals surface area contributed by atoms with Gasteiger partial charge < -0.3 is 14.7 Å². The highest BCUT2D eigenvalue weighted by Gasteiger charge is 2.28. The fourth-order valence-corrected chi connectivity index (χ4v) is 1.90. The van der Waals surface area contributed by atoms with Crippen molar-refractivity contribution in [3.05, 3.63) is 38.9 Å². The van der Waals surface area contributed by atoms with E-state index >= 15 is 0 Å². The van der Waals surface area contributed by atoms with Gasteiger partial charge in [-0.2, -0.15) is 0 Å². The molecule has 0 aliphatic heterocycles. The number of carboxylic acid groups (broad SMARTS) is 1. The van der Waals surface area contributed by atoms with Crippen molar-refractivity contribution in [2.45, 2.75) is 0 Å². The normalized spacial score (nSPS) is 10.2. The average molecular weight is 317 g/mol. The van der Waals surface area contributed by atoms with E-state index in [1.165, 1.54) is 25.3 Å². The Kier molecular flexibility index (Phi) is 6.07. The van der Waals surface area contributed by atoms with E-state index in [4.69, 9.17) is 21.4 Å². The van der Waals surface area contributed by atoms with Crippen molar-refractivity contribution >= 4 is 29.2 Å². The summed E-state index contributed by atoms with van der Waals surface area (Å²) in [6, 6.07) is 3.90. The molecule has 9 heteroatoms. The second kappa shape index (κ2) is 7.55. The van der Waals surface area contributed by atoms with Crippen LogP contribution < -0.4 is 0 Å². The van der Waals surface area contributed by atoms with Crippen molar-refractivity contribution < 1.29 is 24.4 Å². The SMILES string of the molecule is COCCN(CC(=O)O)C(=O)c1cccc(Cl)c1[N+](=O)[O-]. The van der Waals surface area contributed by atoms with E-state index in [0.717, 1.165) is 4.90 Å². The number of rotatable bonds is 7. The van der Waals surface area contributed by atoms with E-state index < -0.39 is 29.0 Å². The van der Waals surface area contributed by atoms with Gasteiger partial charge in [0, 0.05) is 13.7 Å². The number of methoxy groups -OCH3 is 1. The second-order valence-corrected chi connectivity index (χ2v) is 4.41. The van der Waals surface area contributed by atoms with Gasteiger partial charge in [0.25, 0.3) is 5.91 Å². The van der Waals surface area contributed by atoms with Crippen LogP contribution in [0.2, 0.25) is 5.02 Å². The molecule has 1 aromatic rings. The van der Waals surface area contributed by atoms with Gasteiger partial charge in [-0.3, -0.25) is 19.7 Å². The highest BCUT2D eigenvalue weighted by Crippen LogP contribution is 2.29. The van der Waals surface area contributed by atoms with E-state index in [1.807, 2.05) is 0 Å². The van der Waals surface area contributed by atoms with E-state index in [2.05, 4.69) is 0 Å². The molecular formula is C12H13ClN2O6. The number of carboxylic acids is 1. The Morgan fingerprint density at radius 1 is 1.48 bits per heavy atom. The summed E-state index contributed by atoms with van der Waals surface area (Å²) in [5.74, 6) is -2.02. The number of carbonyl (C=O) groups excluding carboxylic acids is 1. The third-order valence-electron chi connectivity index (χ3n) is 2.58. The smallest absolute Gasteiger partial charge is 0.323 e. The third kappa shape index (κ3) is 4.40. The number of benzene rings is 1. The summed E-state index contributed by atoms with van der Waals surface area (Å²) < 4.78 is 4.79. The number of aliphatic carboxylic acids is 1. The van der Waals surface area contributed by atoms with Crippen molar-refractivity contribution in [2.24, 2.45) is 0 Å². The van der Waals surface area contributed by atoms with Gasteiger partial charge in [0.1, 0.15) is 17.1 Å². The Balaban J connectivity index is 3.16. The maximum Gasteiger partial charge on any atom is 0.323 e. The lowest BCUT2D eigenvalue weighted by Crippen LogP contribution is -2.38. The number of nitro groups is 1. The molecule has 0 unspecified atom stereocenters. The summed E-state index contributed by atoms with van der Waals surface area (Å²) in [5, 5.41) is 19.6. The summed E-state index contributed by atoms with van der Waals surface area (Å²) in [7, 11) is 1.39. The molecule has 0 radical (unpaired) electrons. The standard InChI is InChI=1S/C12H13ClN2O6/c1-21-6-5-14(7-10(16)17)12(18)8-3-2-4-9(13)11(8)15(19)20/h2-4H,5-7H2,1H3,(H,16,17). The first kappa shape index (κ1) is 16.9. The molecule has 114 valence electrons. The summed E-state index contributed by atoms with van der Waals surface area (Å²) in [5.41, 5.74) is -0.804. The van der Waals surface area contributed by atoms with E-state index in [1.54, 1.807) is 0 Å². The summed E-state index contributed by atoms with van der Waals surface area (Å²) in [6.07, 6.45) is 0. The van der Waals surface area contributed by atoms with Crippen molar-refractivity contribution in [3.63, 3.8) is 0 Å². The minimum atomic E-state index is -1.23. The molecule has 0 atom stereocenters. The Morgan fingerprint density at radius 2 is 2.14 bits per heavy atom. The van der Waals surface area contributed by atoms with Crippen LogP contribution in [-0.2, 0) is 9.53 Å². The van der Waals surface area contributed by atoms with Gasteiger partial charge in [0.2, 0.25) is 0 Å². The Hall–Kier alpha value is -2.19. The largest absolute Gasteiger partial charge is 0.480 e. The van der Waals surface area contributed by atoms with E-state index in [9.17, 15) is 19.7 Å². The molecule has 1 rings (SSSR count). The van der Waals surface area contributed by atoms with E-state index in [-0.39, 0.29) is 23.7 Å². The van der Waals surface area contributed by atoms with Gasteiger partial charge in [0.05, 0.1) is 11.5 Å². The summed E-state index contributed by atoms with van der Waals surface area (Å²) >= 11 is 5.73. The van der Waals surface area contributed by atoms with Crippen LogP contribution in [0.4, 0.5) is 5.69 Å². The highest BCUT2D eigenvalue weighted by atomic mass is 35.5. The molecule has 0 aliphatic carbocycles. The van der Waals surface area contributed by atoms with Crippen molar-refractivity contribution in [1.82, 2.24) is 4.90 Å². The van der Waals surface area contributed by atoms with Crippen LogP contribution in [0.15, 0.2) is 18.2 Å². The zero-order valence-electron chi connectivity index (χ0n) is 11.1. The quantitative estimate of drug-likeness (QED) is 0.601. The number of nitrogens with zero attached hydrogens (tertiary/aromatic N) is 2. The predicted octanol–water partition coefficient (Wildman–Crippen LogP) is 1.42. The molecule has 0 fully saturated rings. The number of hydrogen-bond acceptors (Lipinski definition) is 5. The zero-order chi connectivity index (χ0) is 16.0. The van der Waals surface area contributed by atoms with Crippen molar-refractivity contribution in [1.29, 1.82) is 0 Å². The molecule has 0 aliphatic rings. The highest BCUT2D eigenvalue weighted by molar-refractivity contribution is 6.33. The van der Waals surface area contributed by atoms with Crippen LogP contribution in [-0.4, -0.2) is 53.6 Å². The van der Waals surface area contributed by atoms with Gasteiger partial charge in [-0.15, -0.1) is 0 Å². The van der Waals surface area contributed by atoms with Crippen LogP contribution in [0.3, 0.4) is 0 Å². The molecular weight excluding hydrogens is 304 g/mol. The average Bonchev–Trinajstić information content (AvgIpc) is 2.41. The molecule has 0 aromatic heterocycles. The Labute approximate surface area is 125 Å². The van der Waals surface area contributed by atoms with Crippen LogP contribution in [0.25, 0.3) is 0 Å². The number of hydrogen-bond donors (Lipinski definition) is 1. The van der Waals surface area contributed by atoms with Crippen molar-refractivity contribution in [2.75, 3.05) is 26.8 Å². The van der Waals surface area contributed by atoms with Gasteiger partial charge in [0.15, 0.2) is 0 Å². The lowest BCUT2D eigenvalue weighted by atomic mass is 10.1. The first-order valence-corrected chi connectivity index (χ1v) is 6.19. The lowest BCUT2D eigenvalue weighted by Gasteiger charge is -2.20. The molecule has 1 N–H and O–H groups in total. The first-order chi connectivity index (χ1) is 9.88. The van der Waals surface area contributed by atoms with Crippen LogP contribution in [0.5, 0.6) is 0 Å². The van der Waals surface area contributed by atoms with Crippen LogP contribution in [0, 0.1) is 10.1 Å². The molecule has 21 heavy (non-hydrogen) atoms. The number of amides is 1. The number of carbonyl (C=O) groups is 2. The minimum absolute atomic E-state index is 0.00863. The maximum atomic E-state index is 12.3. The minimum Gasteiger partial charge on any atom is -0.480 e. The summed E-state index contributed by atoms with van der Waals surface area (Å²) in [4.78, 5) is 34.3.